The molecule has 94 valence electrons. The highest BCUT2D eigenvalue weighted by atomic mass is 14.5. The summed E-state index contributed by atoms with van der Waals surface area (Å²) in [5.74, 6) is 0.570. The minimum absolute atomic E-state index is 0.570. The Hall–Kier alpha value is -1.08. The van der Waals surface area contributed by atoms with Gasteiger partial charge in [0.25, 0.3) is 0 Å². The van der Waals surface area contributed by atoms with Crippen LogP contribution in [-0.2, 0) is 6.42 Å². The van der Waals surface area contributed by atoms with E-state index < -0.39 is 0 Å². The lowest BCUT2D eigenvalue weighted by Gasteiger charge is -2.12. The lowest BCUT2D eigenvalue weighted by molar-refractivity contribution is 0.824. The van der Waals surface area contributed by atoms with Gasteiger partial charge in [0.2, 0.25) is 0 Å². The van der Waals surface area contributed by atoms with Crippen LogP contribution in [0.5, 0.6) is 0 Å². The van der Waals surface area contributed by atoms with E-state index in [9.17, 15) is 0 Å². The molecule has 0 aliphatic carbocycles. The van der Waals surface area contributed by atoms with Crippen LogP contribution in [0, 0.1) is 5.92 Å². The molecule has 0 spiro atoms. The van der Waals surface area contributed by atoms with E-state index in [4.69, 9.17) is 5.73 Å². The summed E-state index contributed by atoms with van der Waals surface area (Å²) in [6, 6.07) is 8.95. The Balaban J connectivity index is 2.85. The summed E-state index contributed by atoms with van der Waals surface area (Å²) in [6.07, 6.45) is 5.61. The Morgan fingerprint density at radius 3 is 2.35 bits per heavy atom. The van der Waals surface area contributed by atoms with Gasteiger partial charge in [0.05, 0.1) is 0 Å². The van der Waals surface area contributed by atoms with Crippen molar-refractivity contribution in [1.29, 1.82) is 0 Å². The smallest absolute Gasteiger partial charge is 0.00743 e. The molecule has 0 radical (unpaired) electrons. The van der Waals surface area contributed by atoms with Crippen LogP contribution in [0.3, 0.4) is 0 Å². The second-order valence-corrected chi connectivity index (χ2v) is 4.80. The predicted octanol–water partition coefficient (Wildman–Crippen LogP) is 4.03. The normalized spacial score (nSPS) is 12.2. The largest absolute Gasteiger partial charge is 0.330 e. The third kappa shape index (κ3) is 4.35. The topological polar surface area (TPSA) is 26.0 Å². The SMILES string of the molecule is CCc1ccc(/C(=C/CCCN)C(C)C)cc1. The van der Waals surface area contributed by atoms with Crippen LogP contribution < -0.4 is 5.73 Å². The second-order valence-electron chi connectivity index (χ2n) is 4.80. The lowest BCUT2D eigenvalue weighted by atomic mass is 9.93. The summed E-state index contributed by atoms with van der Waals surface area (Å²) in [7, 11) is 0. The number of nitrogens with two attached hydrogens (primary N) is 1. The van der Waals surface area contributed by atoms with Gasteiger partial charge in [0, 0.05) is 0 Å². The van der Waals surface area contributed by atoms with Crippen LogP contribution in [0.1, 0.15) is 44.7 Å². The van der Waals surface area contributed by atoms with Crippen LogP contribution >= 0.6 is 0 Å². The standard InChI is InChI=1S/C16H25N/c1-4-14-8-10-15(11-9-14)16(13(2)3)7-5-6-12-17/h7-11,13H,4-6,12,17H2,1-3H3/b16-7+. The number of hydrogen-bond donors (Lipinski definition) is 1. The first-order valence-electron chi connectivity index (χ1n) is 6.68. The van der Waals surface area contributed by atoms with Gasteiger partial charge in [-0.3, -0.25) is 0 Å². The van der Waals surface area contributed by atoms with Crippen molar-refractivity contribution < 1.29 is 0 Å². The van der Waals surface area contributed by atoms with Crippen LogP contribution in [0.15, 0.2) is 30.3 Å². The van der Waals surface area contributed by atoms with Gasteiger partial charge in [0.1, 0.15) is 0 Å². The molecule has 0 aliphatic heterocycles. The molecule has 0 fully saturated rings. The number of unbranched alkanes of at least 4 members (excludes halogenated alkanes) is 1. The molecule has 2 N–H and O–H groups in total. The van der Waals surface area contributed by atoms with Crippen LogP contribution in [0.2, 0.25) is 0 Å². The predicted molar refractivity (Wildman–Crippen MR) is 76.9 cm³/mol. The Labute approximate surface area is 106 Å². The summed E-state index contributed by atoms with van der Waals surface area (Å²) in [5, 5.41) is 0. The number of allylic oxidation sites excluding steroid dienone is 2. The number of aryl methyl sites for hydroxylation is 1. The van der Waals surface area contributed by atoms with Crippen molar-refractivity contribution in [1.82, 2.24) is 0 Å². The van der Waals surface area contributed by atoms with E-state index in [0.29, 0.717) is 5.92 Å². The van der Waals surface area contributed by atoms with E-state index in [1.807, 2.05) is 0 Å². The maximum Gasteiger partial charge on any atom is -0.00743 e. The van der Waals surface area contributed by atoms with Crippen LogP contribution in [-0.4, -0.2) is 6.54 Å². The molecule has 0 bridgehead atoms. The minimum atomic E-state index is 0.570. The first kappa shape index (κ1) is 14.0. The van der Waals surface area contributed by atoms with Crippen molar-refractivity contribution in [2.45, 2.75) is 40.0 Å². The van der Waals surface area contributed by atoms with Gasteiger partial charge in [-0.05, 0) is 48.4 Å². The van der Waals surface area contributed by atoms with E-state index in [2.05, 4.69) is 51.1 Å². The third-order valence-corrected chi connectivity index (χ3v) is 3.09. The van der Waals surface area contributed by atoms with Crippen molar-refractivity contribution in [3.8, 4) is 0 Å². The molecule has 0 aromatic heterocycles. The van der Waals surface area contributed by atoms with Crippen molar-refractivity contribution in [2.75, 3.05) is 6.54 Å². The average molecular weight is 231 g/mol. The molecule has 0 heterocycles. The Morgan fingerprint density at radius 1 is 1.24 bits per heavy atom. The zero-order valence-corrected chi connectivity index (χ0v) is 11.4. The number of benzene rings is 1. The van der Waals surface area contributed by atoms with Gasteiger partial charge in [-0.25, -0.2) is 0 Å². The van der Waals surface area contributed by atoms with Crippen LogP contribution in [0.4, 0.5) is 0 Å². The zero-order chi connectivity index (χ0) is 12.7. The number of hydrogen-bond acceptors (Lipinski definition) is 1. The fourth-order valence-electron chi connectivity index (χ4n) is 2.00. The molecule has 1 rings (SSSR count). The molecule has 1 aromatic carbocycles. The van der Waals surface area contributed by atoms with Gasteiger partial charge in [0.15, 0.2) is 0 Å². The van der Waals surface area contributed by atoms with Gasteiger partial charge in [-0.1, -0.05) is 51.1 Å². The van der Waals surface area contributed by atoms with Crippen molar-refractivity contribution >= 4 is 5.57 Å². The van der Waals surface area contributed by atoms with Gasteiger partial charge < -0.3 is 5.73 Å². The van der Waals surface area contributed by atoms with E-state index in [1.165, 1.54) is 16.7 Å². The quantitative estimate of drug-likeness (QED) is 0.735. The third-order valence-electron chi connectivity index (χ3n) is 3.09. The highest BCUT2D eigenvalue weighted by molar-refractivity contribution is 5.67. The first-order chi connectivity index (χ1) is 8.19. The molecule has 0 saturated heterocycles. The summed E-state index contributed by atoms with van der Waals surface area (Å²) in [5.41, 5.74) is 9.74. The lowest BCUT2D eigenvalue weighted by Crippen LogP contribution is -1.98. The molecular weight excluding hydrogens is 206 g/mol. The molecule has 0 saturated carbocycles. The molecule has 0 atom stereocenters. The molecule has 1 heteroatoms. The van der Waals surface area contributed by atoms with Gasteiger partial charge in [-0.2, -0.15) is 0 Å². The molecule has 17 heavy (non-hydrogen) atoms. The number of rotatable bonds is 6. The fourth-order valence-corrected chi connectivity index (χ4v) is 2.00. The molecular formula is C16H25N. The Bertz CT molecular complexity index is 346. The van der Waals surface area contributed by atoms with E-state index in [0.717, 1.165) is 25.8 Å². The van der Waals surface area contributed by atoms with Gasteiger partial charge >= 0.3 is 0 Å². The maximum absolute atomic E-state index is 5.54. The van der Waals surface area contributed by atoms with E-state index in [-0.39, 0.29) is 0 Å². The van der Waals surface area contributed by atoms with Crippen LogP contribution in [0.25, 0.3) is 5.57 Å². The molecule has 0 amide bonds. The van der Waals surface area contributed by atoms with Crippen molar-refractivity contribution in [2.24, 2.45) is 11.7 Å². The summed E-state index contributed by atoms with van der Waals surface area (Å²) in [6.45, 7) is 7.47. The Morgan fingerprint density at radius 2 is 1.88 bits per heavy atom. The van der Waals surface area contributed by atoms with Crippen molar-refractivity contribution in [3.05, 3.63) is 41.5 Å². The van der Waals surface area contributed by atoms with Crippen molar-refractivity contribution in [3.63, 3.8) is 0 Å². The maximum atomic E-state index is 5.54. The summed E-state index contributed by atoms with van der Waals surface area (Å²) < 4.78 is 0. The first-order valence-corrected chi connectivity index (χ1v) is 6.68. The average Bonchev–Trinajstić information content (AvgIpc) is 2.34. The second kappa shape index (κ2) is 7.29. The highest BCUT2D eigenvalue weighted by Crippen LogP contribution is 2.24. The molecule has 1 nitrogen and oxygen atoms in total. The van der Waals surface area contributed by atoms with E-state index >= 15 is 0 Å². The fraction of sp³-hybridized carbons (Fsp3) is 0.500. The zero-order valence-electron chi connectivity index (χ0n) is 11.4. The monoisotopic (exact) mass is 231 g/mol. The van der Waals surface area contributed by atoms with Gasteiger partial charge in [-0.15, -0.1) is 0 Å². The molecule has 0 unspecified atom stereocenters. The molecule has 0 aliphatic rings. The summed E-state index contributed by atoms with van der Waals surface area (Å²) >= 11 is 0. The minimum Gasteiger partial charge on any atom is -0.330 e. The highest BCUT2D eigenvalue weighted by Gasteiger charge is 2.05. The Kier molecular flexibility index (Phi) is 5.99. The summed E-state index contributed by atoms with van der Waals surface area (Å²) in [4.78, 5) is 0. The molecule has 1 aromatic rings. The van der Waals surface area contributed by atoms with E-state index in [1.54, 1.807) is 0 Å².